The molecule has 1 aliphatic heterocycles. The Morgan fingerprint density at radius 3 is 3.00 bits per heavy atom. The predicted molar refractivity (Wildman–Crippen MR) is 67.4 cm³/mol. The third kappa shape index (κ3) is 1.92. The molecule has 0 radical (unpaired) electrons. The highest BCUT2D eigenvalue weighted by molar-refractivity contribution is 5.49. The van der Waals surface area contributed by atoms with Crippen LogP contribution in [-0.4, -0.2) is 17.1 Å². The van der Waals surface area contributed by atoms with Gasteiger partial charge in [-0.25, -0.2) is 4.98 Å². The molecule has 1 aromatic heterocycles. The molecule has 16 heavy (non-hydrogen) atoms. The lowest BCUT2D eigenvalue weighted by atomic mass is 10.1. The maximum absolute atomic E-state index is 5.78. The van der Waals surface area contributed by atoms with Gasteiger partial charge in [0.15, 0.2) is 0 Å². The maximum Gasteiger partial charge on any atom is 0.133 e. The van der Waals surface area contributed by atoms with Crippen molar-refractivity contribution < 1.29 is 0 Å². The molecule has 1 saturated heterocycles. The number of rotatable bonds is 3. The minimum absolute atomic E-state index is 0.572. The van der Waals surface area contributed by atoms with E-state index in [9.17, 15) is 0 Å². The van der Waals surface area contributed by atoms with Crippen LogP contribution in [0.15, 0.2) is 18.3 Å². The lowest BCUT2D eigenvalue weighted by Gasteiger charge is -2.30. The van der Waals surface area contributed by atoms with Crippen LogP contribution in [0.1, 0.15) is 38.7 Å². The first-order valence-electron chi connectivity index (χ1n) is 6.20. The normalized spacial score (nSPS) is 25.1. The summed E-state index contributed by atoms with van der Waals surface area (Å²) in [4.78, 5) is 6.99. The zero-order valence-corrected chi connectivity index (χ0v) is 10.2. The predicted octanol–water partition coefficient (Wildman–Crippen LogP) is 2.31. The molecule has 0 bridgehead atoms. The van der Waals surface area contributed by atoms with Crippen molar-refractivity contribution in [2.75, 3.05) is 4.90 Å². The van der Waals surface area contributed by atoms with Gasteiger partial charge in [0.05, 0.1) is 0 Å². The third-order valence-corrected chi connectivity index (χ3v) is 3.59. The fraction of sp³-hybridized carbons (Fsp3) is 0.615. The smallest absolute Gasteiger partial charge is 0.133 e. The Morgan fingerprint density at radius 2 is 2.31 bits per heavy atom. The van der Waals surface area contributed by atoms with Gasteiger partial charge in [-0.15, -0.1) is 0 Å². The van der Waals surface area contributed by atoms with E-state index in [-0.39, 0.29) is 0 Å². The molecule has 2 rings (SSSR count). The molecular weight excluding hydrogens is 198 g/mol. The molecule has 2 atom stereocenters. The molecule has 1 aliphatic rings. The van der Waals surface area contributed by atoms with Crippen molar-refractivity contribution in [2.24, 2.45) is 5.73 Å². The highest BCUT2D eigenvalue weighted by atomic mass is 15.3. The van der Waals surface area contributed by atoms with E-state index in [1.807, 2.05) is 12.3 Å². The average molecular weight is 219 g/mol. The van der Waals surface area contributed by atoms with Gasteiger partial charge in [0.2, 0.25) is 0 Å². The van der Waals surface area contributed by atoms with E-state index in [0.29, 0.717) is 18.6 Å². The highest BCUT2D eigenvalue weighted by Crippen LogP contribution is 2.32. The number of aromatic nitrogens is 1. The zero-order chi connectivity index (χ0) is 11.5. The van der Waals surface area contributed by atoms with Gasteiger partial charge in [0.1, 0.15) is 5.82 Å². The molecule has 88 valence electrons. The molecule has 2 unspecified atom stereocenters. The Morgan fingerprint density at radius 1 is 1.50 bits per heavy atom. The van der Waals surface area contributed by atoms with E-state index in [4.69, 9.17) is 5.73 Å². The van der Waals surface area contributed by atoms with E-state index < -0.39 is 0 Å². The lowest BCUT2D eigenvalue weighted by Crippen LogP contribution is -2.35. The van der Waals surface area contributed by atoms with Gasteiger partial charge < -0.3 is 10.6 Å². The molecule has 0 aliphatic carbocycles. The maximum atomic E-state index is 5.78. The van der Waals surface area contributed by atoms with Crippen LogP contribution < -0.4 is 10.6 Å². The molecular formula is C13H21N3. The quantitative estimate of drug-likeness (QED) is 0.848. The van der Waals surface area contributed by atoms with Crippen LogP contribution in [0, 0.1) is 0 Å². The van der Waals surface area contributed by atoms with Gasteiger partial charge in [-0.05, 0) is 32.3 Å². The second kappa shape index (κ2) is 4.83. The van der Waals surface area contributed by atoms with Crippen LogP contribution >= 0.6 is 0 Å². The van der Waals surface area contributed by atoms with Crippen LogP contribution in [0.2, 0.25) is 0 Å². The molecule has 3 nitrogen and oxygen atoms in total. The number of nitrogens with two attached hydrogens (primary N) is 1. The SMILES string of the molecule is CCC1CCC(C)N1c1ncccc1CN. The standard InChI is InChI=1S/C13H21N3/c1-3-12-7-6-10(2)16(12)13-11(9-14)5-4-8-15-13/h4-5,8,10,12H,3,6-7,9,14H2,1-2H3. The Hall–Kier alpha value is -1.09. The summed E-state index contributed by atoms with van der Waals surface area (Å²) < 4.78 is 0. The van der Waals surface area contributed by atoms with Crippen LogP contribution in [-0.2, 0) is 6.54 Å². The second-order valence-corrected chi connectivity index (χ2v) is 4.59. The van der Waals surface area contributed by atoms with E-state index in [1.54, 1.807) is 0 Å². The number of hydrogen-bond acceptors (Lipinski definition) is 3. The molecule has 3 heteroatoms. The molecule has 0 aromatic carbocycles. The van der Waals surface area contributed by atoms with Gasteiger partial charge in [0.25, 0.3) is 0 Å². The third-order valence-electron chi connectivity index (χ3n) is 3.59. The first-order chi connectivity index (χ1) is 7.77. The first-order valence-corrected chi connectivity index (χ1v) is 6.20. The van der Waals surface area contributed by atoms with E-state index >= 15 is 0 Å². The van der Waals surface area contributed by atoms with Gasteiger partial charge in [-0.3, -0.25) is 0 Å². The summed E-state index contributed by atoms with van der Waals surface area (Å²) in [5.74, 6) is 1.10. The summed E-state index contributed by atoms with van der Waals surface area (Å²) >= 11 is 0. The molecule has 1 aromatic rings. The topological polar surface area (TPSA) is 42.2 Å². The van der Waals surface area contributed by atoms with Crippen LogP contribution in [0.3, 0.4) is 0 Å². The van der Waals surface area contributed by atoms with E-state index in [0.717, 1.165) is 11.4 Å². The zero-order valence-electron chi connectivity index (χ0n) is 10.2. The van der Waals surface area contributed by atoms with Gasteiger partial charge >= 0.3 is 0 Å². The van der Waals surface area contributed by atoms with Crippen LogP contribution in [0.25, 0.3) is 0 Å². The fourth-order valence-electron chi connectivity index (χ4n) is 2.68. The minimum atomic E-state index is 0.572. The largest absolute Gasteiger partial charge is 0.351 e. The van der Waals surface area contributed by atoms with Gasteiger partial charge in [0, 0.05) is 30.4 Å². The molecule has 0 spiro atoms. The molecule has 2 N–H and O–H groups in total. The molecule has 0 amide bonds. The Bertz CT molecular complexity index is 351. The van der Waals surface area contributed by atoms with Gasteiger partial charge in [-0.2, -0.15) is 0 Å². The Balaban J connectivity index is 2.34. The van der Waals surface area contributed by atoms with E-state index in [2.05, 4.69) is 29.8 Å². The Labute approximate surface area is 97.7 Å². The van der Waals surface area contributed by atoms with Crippen molar-refractivity contribution >= 4 is 5.82 Å². The van der Waals surface area contributed by atoms with Crippen LogP contribution in [0.4, 0.5) is 5.82 Å². The Kier molecular flexibility index (Phi) is 3.44. The summed E-state index contributed by atoms with van der Waals surface area (Å²) in [6.07, 6.45) is 5.59. The molecule has 0 saturated carbocycles. The summed E-state index contributed by atoms with van der Waals surface area (Å²) in [5.41, 5.74) is 6.95. The fourth-order valence-corrected chi connectivity index (χ4v) is 2.68. The summed E-state index contributed by atoms with van der Waals surface area (Å²) in [6, 6.07) is 5.27. The average Bonchev–Trinajstić information content (AvgIpc) is 2.70. The van der Waals surface area contributed by atoms with Gasteiger partial charge in [-0.1, -0.05) is 13.0 Å². The van der Waals surface area contributed by atoms with Crippen molar-refractivity contribution in [3.8, 4) is 0 Å². The summed E-state index contributed by atoms with van der Waals surface area (Å²) in [6.45, 7) is 5.11. The number of hydrogen-bond donors (Lipinski definition) is 1. The second-order valence-electron chi connectivity index (χ2n) is 4.59. The van der Waals surface area contributed by atoms with Crippen molar-refractivity contribution in [1.82, 2.24) is 4.98 Å². The molecule has 1 fully saturated rings. The number of pyridine rings is 1. The monoisotopic (exact) mass is 219 g/mol. The minimum Gasteiger partial charge on any atom is -0.351 e. The summed E-state index contributed by atoms with van der Waals surface area (Å²) in [5, 5.41) is 0. The van der Waals surface area contributed by atoms with Crippen molar-refractivity contribution in [3.63, 3.8) is 0 Å². The first kappa shape index (κ1) is 11.4. The summed E-state index contributed by atoms with van der Waals surface area (Å²) in [7, 11) is 0. The van der Waals surface area contributed by atoms with Crippen LogP contribution in [0.5, 0.6) is 0 Å². The number of nitrogens with zero attached hydrogens (tertiary/aromatic N) is 2. The van der Waals surface area contributed by atoms with Crippen molar-refractivity contribution in [3.05, 3.63) is 23.9 Å². The van der Waals surface area contributed by atoms with Crippen molar-refractivity contribution in [2.45, 2.75) is 51.7 Å². The highest BCUT2D eigenvalue weighted by Gasteiger charge is 2.31. The van der Waals surface area contributed by atoms with E-state index in [1.165, 1.54) is 19.3 Å². The lowest BCUT2D eigenvalue weighted by molar-refractivity contribution is 0.618. The number of anilines is 1. The van der Waals surface area contributed by atoms with Crippen molar-refractivity contribution in [1.29, 1.82) is 0 Å². The molecule has 2 heterocycles.